The highest BCUT2D eigenvalue weighted by atomic mass is 16.5. The minimum absolute atomic E-state index is 0.0338. The lowest BCUT2D eigenvalue weighted by molar-refractivity contribution is -0.141. The summed E-state index contributed by atoms with van der Waals surface area (Å²) in [6.07, 6.45) is 0.372. The molecule has 0 saturated carbocycles. The van der Waals surface area contributed by atoms with E-state index in [-0.39, 0.29) is 24.3 Å². The van der Waals surface area contributed by atoms with Crippen LogP contribution in [-0.4, -0.2) is 59.9 Å². The number of benzene rings is 2. The highest BCUT2D eigenvalue weighted by Gasteiger charge is 2.40. The third-order valence-electron chi connectivity index (χ3n) is 5.54. The lowest BCUT2D eigenvalue weighted by Crippen LogP contribution is -2.45. The number of morpholine rings is 1. The first-order chi connectivity index (χ1) is 14.6. The number of carbonyl (C=O) groups excluding carboxylic acids is 3. The van der Waals surface area contributed by atoms with E-state index in [2.05, 4.69) is 5.32 Å². The number of imide groups is 1. The van der Waals surface area contributed by atoms with Gasteiger partial charge in [-0.1, -0.05) is 60.7 Å². The van der Waals surface area contributed by atoms with Crippen LogP contribution in [0.15, 0.2) is 60.7 Å². The van der Waals surface area contributed by atoms with Crippen molar-refractivity contribution in [3.8, 4) is 0 Å². The Hall–Kier alpha value is -3.19. The number of hydrogen-bond acceptors (Lipinski definition) is 4. The van der Waals surface area contributed by atoms with E-state index in [1.54, 1.807) is 4.90 Å². The average Bonchev–Trinajstić information content (AvgIpc) is 3.06. The summed E-state index contributed by atoms with van der Waals surface area (Å²) >= 11 is 0. The largest absolute Gasteiger partial charge is 0.370 e. The molecule has 0 aliphatic carbocycles. The zero-order valence-corrected chi connectivity index (χ0v) is 16.7. The molecule has 1 N–H and O–H groups in total. The average molecular weight is 407 g/mol. The molecule has 0 unspecified atom stereocenters. The summed E-state index contributed by atoms with van der Waals surface area (Å²) in [6, 6.07) is 18.2. The number of nitrogens with one attached hydrogen (secondary N) is 1. The van der Waals surface area contributed by atoms with E-state index < -0.39 is 12.1 Å². The maximum Gasteiger partial charge on any atom is 0.324 e. The Bertz CT molecular complexity index is 903. The molecule has 2 aromatic carbocycles. The first kappa shape index (κ1) is 20.1. The molecule has 0 aromatic heterocycles. The smallest absolute Gasteiger partial charge is 0.324 e. The van der Waals surface area contributed by atoms with Crippen LogP contribution in [0.25, 0.3) is 0 Å². The van der Waals surface area contributed by atoms with Crippen molar-refractivity contribution in [2.24, 2.45) is 0 Å². The number of nitrogens with zero attached hydrogens (tertiary/aromatic N) is 2. The number of urea groups is 1. The number of hydrogen-bond donors (Lipinski definition) is 1. The monoisotopic (exact) mass is 407 g/mol. The van der Waals surface area contributed by atoms with Crippen molar-refractivity contribution < 1.29 is 19.1 Å². The topological polar surface area (TPSA) is 79.0 Å². The molecule has 2 aliphatic rings. The van der Waals surface area contributed by atoms with Gasteiger partial charge in [-0.25, -0.2) is 4.79 Å². The molecule has 2 aromatic rings. The molecule has 4 rings (SSSR count). The lowest BCUT2D eigenvalue weighted by atomic mass is 10.1. The lowest BCUT2D eigenvalue weighted by Gasteiger charge is -2.33. The van der Waals surface area contributed by atoms with Crippen molar-refractivity contribution in [1.29, 1.82) is 0 Å². The van der Waals surface area contributed by atoms with Gasteiger partial charge in [0.25, 0.3) is 5.91 Å². The van der Waals surface area contributed by atoms with Crippen LogP contribution in [0.4, 0.5) is 4.79 Å². The zero-order chi connectivity index (χ0) is 20.9. The second kappa shape index (κ2) is 9.09. The van der Waals surface area contributed by atoms with Crippen LogP contribution < -0.4 is 5.32 Å². The summed E-state index contributed by atoms with van der Waals surface area (Å²) < 4.78 is 5.80. The number of amides is 4. The second-order valence-corrected chi connectivity index (χ2v) is 7.54. The quantitative estimate of drug-likeness (QED) is 0.744. The van der Waals surface area contributed by atoms with E-state index >= 15 is 0 Å². The predicted octanol–water partition coefficient (Wildman–Crippen LogP) is 2.14. The third-order valence-corrected chi connectivity index (χ3v) is 5.54. The van der Waals surface area contributed by atoms with E-state index in [4.69, 9.17) is 4.74 Å². The van der Waals surface area contributed by atoms with Gasteiger partial charge in [-0.3, -0.25) is 14.5 Å². The van der Waals surface area contributed by atoms with Gasteiger partial charge >= 0.3 is 6.03 Å². The van der Waals surface area contributed by atoms with Crippen LogP contribution in [0.5, 0.6) is 0 Å². The minimum Gasteiger partial charge on any atom is -0.370 e. The van der Waals surface area contributed by atoms with E-state index in [0.717, 1.165) is 11.1 Å². The number of ether oxygens (including phenoxy) is 1. The zero-order valence-electron chi connectivity index (χ0n) is 16.7. The van der Waals surface area contributed by atoms with Crippen LogP contribution in [-0.2, 0) is 20.7 Å². The number of rotatable bonds is 6. The van der Waals surface area contributed by atoms with Crippen molar-refractivity contribution in [2.75, 3.05) is 26.2 Å². The van der Waals surface area contributed by atoms with Gasteiger partial charge in [-0.15, -0.1) is 0 Å². The van der Waals surface area contributed by atoms with Crippen molar-refractivity contribution >= 4 is 17.8 Å². The Kier molecular flexibility index (Phi) is 6.09. The van der Waals surface area contributed by atoms with Crippen molar-refractivity contribution in [3.63, 3.8) is 0 Å². The van der Waals surface area contributed by atoms with E-state index in [9.17, 15) is 14.4 Å². The molecular weight excluding hydrogens is 382 g/mol. The Labute approximate surface area is 175 Å². The fourth-order valence-electron chi connectivity index (χ4n) is 3.86. The Morgan fingerprint density at radius 1 is 1.03 bits per heavy atom. The van der Waals surface area contributed by atoms with Crippen molar-refractivity contribution in [2.45, 2.75) is 25.0 Å². The molecule has 2 atom stereocenters. The van der Waals surface area contributed by atoms with Gasteiger partial charge in [0.1, 0.15) is 12.1 Å². The Balaban J connectivity index is 1.33. The van der Waals surface area contributed by atoms with E-state index in [0.29, 0.717) is 32.7 Å². The van der Waals surface area contributed by atoms with Gasteiger partial charge in [-0.2, -0.15) is 0 Å². The van der Waals surface area contributed by atoms with Crippen LogP contribution in [0.1, 0.15) is 23.7 Å². The van der Waals surface area contributed by atoms with Crippen molar-refractivity contribution in [1.82, 2.24) is 15.1 Å². The summed E-state index contributed by atoms with van der Waals surface area (Å²) in [5.41, 5.74) is 2.07. The first-order valence-electron chi connectivity index (χ1n) is 10.2. The fourth-order valence-corrected chi connectivity index (χ4v) is 3.86. The Morgan fingerprint density at radius 3 is 2.47 bits per heavy atom. The summed E-state index contributed by atoms with van der Waals surface area (Å²) in [6.45, 7) is 1.66. The highest BCUT2D eigenvalue weighted by Crippen LogP contribution is 2.23. The first-order valence-corrected chi connectivity index (χ1v) is 10.2. The van der Waals surface area contributed by atoms with Gasteiger partial charge in [-0.05, 0) is 17.5 Å². The molecule has 30 heavy (non-hydrogen) atoms. The number of carbonyl (C=O) groups is 3. The molecule has 2 saturated heterocycles. The molecule has 156 valence electrons. The highest BCUT2D eigenvalue weighted by molar-refractivity contribution is 6.05. The van der Waals surface area contributed by atoms with Gasteiger partial charge < -0.3 is 15.0 Å². The Morgan fingerprint density at radius 2 is 1.73 bits per heavy atom. The molecule has 2 fully saturated rings. The maximum absolute atomic E-state index is 12.8. The summed E-state index contributed by atoms with van der Waals surface area (Å²) in [5.74, 6) is -0.486. The molecule has 0 radical (unpaired) electrons. The van der Waals surface area contributed by atoms with E-state index in [1.165, 1.54) is 4.90 Å². The normalized spacial score (nSPS) is 21.6. The minimum atomic E-state index is -0.807. The van der Waals surface area contributed by atoms with Crippen LogP contribution in [0.2, 0.25) is 0 Å². The molecule has 7 nitrogen and oxygen atoms in total. The van der Waals surface area contributed by atoms with Crippen molar-refractivity contribution in [3.05, 3.63) is 71.8 Å². The maximum atomic E-state index is 12.8. The van der Waals surface area contributed by atoms with Gasteiger partial charge in [0.15, 0.2) is 0 Å². The molecule has 0 bridgehead atoms. The molecule has 2 heterocycles. The predicted molar refractivity (Wildman–Crippen MR) is 111 cm³/mol. The molecule has 2 aliphatic heterocycles. The summed E-state index contributed by atoms with van der Waals surface area (Å²) in [5, 5.41) is 2.66. The fraction of sp³-hybridized carbons (Fsp3) is 0.348. The van der Waals surface area contributed by atoms with Gasteiger partial charge in [0.05, 0.1) is 19.6 Å². The van der Waals surface area contributed by atoms with Gasteiger partial charge in [0, 0.05) is 13.1 Å². The standard InChI is InChI=1S/C23H25N3O4/c27-21(25-13-14-30-20(16-25)18-9-5-2-6-10-18)15-19-22(28)26(23(29)24-19)12-11-17-7-3-1-4-8-17/h1-10,19-20H,11-16H2,(H,24,29)/t19-,20-/m0/s1. The third kappa shape index (κ3) is 4.52. The van der Waals surface area contributed by atoms with Crippen LogP contribution in [0, 0.1) is 0 Å². The SMILES string of the molecule is O=C(C[C@@H]1NC(=O)N(CCc2ccccc2)C1=O)N1CCO[C@H](c2ccccc2)C1. The van der Waals surface area contributed by atoms with Crippen LogP contribution in [0.3, 0.4) is 0 Å². The molecule has 0 spiro atoms. The van der Waals surface area contributed by atoms with E-state index in [1.807, 2.05) is 60.7 Å². The molecule has 7 heteroatoms. The summed E-state index contributed by atoms with van der Waals surface area (Å²) in [4.78, 5) is 40.7. The molecule has 4 amide bonds. The summed E-state index contributed by atoms with van der Waals surface area (Å²) in [7, 11) is 0. The second-order valence-electron chi connectivity index (χ2n) is 7.54. The molecular formula is C23H25N3O4. The van der Waals surface area contributed by atoms with Gasteiger partial charge in [0.2, 0.25) is 5.91 Å². The van der Waals surface area contributed by atoms with Crippen LogP contribution >= 0.6 is 0 Å².